The van der Waals surface area contributed by atoms with Crippen LogP contribution in [0.25, 0.3) is 11.3 Å². The zero-order valence-corrected chi connectivity index (χ0v) is 16.0. The van der Waals surface area contributed by atoms with Crippen LogP contribution in [0.15, 0.2) is 64.4 Å². The van der Waals surface area contributed by atoms with Crippen molar-refractivity contribution in [1.82, 2.24) is 24.7 Å². The third-order valence-electron chi connectivity index (χ3n) is 4.32. The number of aromatic nitrogens is 5. The van der Waals surface area contributed by atoms with Crippen molar-refractivity contribution < 1.29 is 13.9 Å². The van der Waals surface area contributed by atoms with E-state index in [1.807, 2.05) is 0 Å². The highest BCUT2D eigenvalue weighted by Crippen LogP contribution is 2.23. The minimum atomic E-state index is -0.765. The number of aliphatic hydroxyl groups is 1. The minimum Gasteiger partial charge on any atom is -0.411 e. The molecule has 30 heavy (non-hydrogen) atoms. The van der Waals surface area contributed by atoms with Crippen LogP contribution >= 0.6 is 11.6 Å². The summed E-state index contributed by atoms with van der Waals surface area (Å²) in [7, 11) is 0. The average Bonchev–Trinajstić information content (AvgIpc) is 3.25. The molecule has 0 fully saturated rings. The number of anilines is 2. The first-order chi connectivity index (χ1) is 14.5. The fourth-order valence-electron chi connectivity index (χ4n) is 2.88. The number of rotatable bonds is 6. The molecule has 3 heterocycles. The van der Waals surface area contributed by atoms with Crippen molar-refractivity contribution >= 4 is 23.6 Å². The average molecular weight is 429 g/mol. The lowest BCUT2D eigenvalue weighted by molar-refractivity contribution is 0.247. The second-order valence-electron chi connectivity index (χ2n) is 6.17. The lowest BCUT2D eigenvalue weighted by Crippen LogP contribution is -2.27. The van der Waals surface area contributed by atoms with Gasteiger partial charge in [0.2, 0.25) is 12.3 Å². The Kier molecular flexibility index (Phi) is 5.50. The Labute approximate surface area is 173 Å². The van der Waals surface area contributed by atoms with Gasteiger partial charge in [-0.25, -0.2) is 14.4 Å². The standard InChI is InChI=1S/C19H14ClFN6O3/c20-13-2-1-12(7-14(13)21)16(9-28)27-6-4-11(8-17(27)29)15-3-5-22-18(24-15)25-19-26-23-10-30-19/h1-8,10,16,28H,9H2,(H,22,24,25,26)/t16-/m1/s1. The van der Waals surface area contributed by atoms with Crippen LogP contribution in [0, 0.1) is 5.82 Å². The number of nitrogens with one attached hydrogen (secondary N) is 1. The molecule has 1 atom stereocenters. The number of nitrogens with zero attached hydrogens (tertiary/aromatic N) is 5. The molecule has 0 bridgehead atoms. The molecule has 0 radical (unpaired) electrons. The molecule has 2 N–H and O–H groups in total. The summed E-state index contributed by atoms with van der Waals surface area (Å²) in [4.78, 5) is 21.1. The summed E-state index contributed by atoms with van der Waals surface area (Å²) in [5.41, 5.74) is 1.04. The Morgan fingerprint density at radius 3 is 2.83 bits per heavy atom. The van der Waals surface area contributed by atoms with E-state index in [0.717, 1.165) is 6.39 Å². The summed E-state index contributed by atoms with van der Waals surface area (Å²) in [6, 6.07) is 8.17. The number of aliphatic hydroxyl groups excluding tert-OH is 1. The van der Waals surface area contributed by atoms with Crippen LogP contribution in [-0.2, 0) is 0 Å². The monoisotopic (exact) mass is 428 g/mol. The maximum atomic E-state index is 13.8. The Morgan fingerprint density at radius 1 is 1.27 bits per heavy atom. The Bertz CT molecular complexity index is 1230. The van der Waals surface area contributed by atoms with E-state index in [9.17, 15) is 14.3 Å². The summed E-state index contributed by atoms with van der Waals surface area (Å²) in [6.07, 6.45) is 4.19. The number of halogens is 2. The van der Waals surface area contributed by atoms with Gasteiger partial charge in [0.15, 0.2) is 0 Å². The molecule has 4 aromatic rings. The first-order valence-corrected chi connectivity index (χ1v) is 9.07. The van der Waals surface area contributed by atoms with Crippen molar-refractivity contribution in [2.45, 2.75) is 6.04 Å². The van der Waals surface area contributed by atoms with E-state index < -0.39 is 24.0 Å². The second kappa shape index (κ2) is 8.39. The molecule has 1 aromatic carbocycles. The van der Waals surface area contributed by atoms with E-state index in [0.29, 0.717) is 16.8 Å². The van der Waals surface area contributed by atoms with Crippen molar-refractivity contribution in [1.29, 1.82) is 0 Å². The van der Waals surface area contributed by atoms with Crippen LogP contribution < -0.4 is 10.9 Å². The Morgan fingerprint density at radius 2 is 2.13 bits per heavy atom. The van der Waals surface area contributed by atoms with Crippen LogP contribution in [0.3, 0.4) is 0 Å². The van der Waals surface area contributed by atoms with Gasteiger partial charge in [-0.3, -0.25) is 10.1 Å². The van der Waals surface area contributed by atoms with Gasteiger partial charge in [-0.15, -0.1) is 5.10 Å². The highest BCUT2D eigenvalue weighted by Gasteiger charge is 2.16. The van der Waals surface area contributed by atoms with Gasteiger partial charge >= 0.3 is 6.01 Å². The third-order valence-corrected chi connectivity index (χ3v) is 4.62. The van der Waals surface area contributed by atoms with E-state index in [2.05, 4.69) is 25.5 Å². The molecule has 3 aromatic heterocycles. The van der Waals surface area contributed by atoms with E-state index in [-0.39, 0.29) is 17.0 Å². The van der Waals surface area contributed by atoms with Crippen LogP contribution in [0.2, 0.25) is 5.02 Å². The molecule has 9 nitrogen and oxygen atoms in total. The van der Waals surface area contributed by atoms with Gasteiger partial charge in [0.1, 0.15) is 5.82 Å². The summed E-state index contributed by atoms with van der Waals surface area (Å²) < 4.78 is 20.1. The summed E-state index contributed by atoms with van der Waals surface area (Å²) in [6.45, 7) is -0.397. The smallest absolute Gasteiger partial charge is 0.322 e. The van der Waals surface area contributed by atoms with Gasteiger partial charge in [0.05, 0.1) is 23.4 Å². The van der Waals surface area contributed by atoms with Crippen molar-refractivity contribution in [2.24, 2.45) is 0 Å². The molecule has 0 aliphatic carbocycles. The van der Waals surface area contributed by atoms with E-state index in [1.165, 1.54) is 35.2 Å². The molecule has 11 heteroatoms. The SMILES string of the molecule is O=c1cc(-c2ccnc(Nc3nnco3)n2)ccn1[C@H](CO)c1ccc(Cl)c(F)c1. The predicted molar refractivity (Wildman–Crippen MR) is 106 cm³/mol. The summed E-state index contributed by atoms with van der Waals surface area (Å²) in [5, 5.41) is 19.8. The third kappa shape index (κ3) is 4.04. The van der Waals surface area contributed by atoms with Gasteiger partial charge < -0.3 is 14.1 Å². The van der Waals surface area contributed by atoms with Gasteiger partial charge in [-0.1, -0.05) is 22.8 Å². The van der Waals surface area contributed by atoms with E-state index in [4.69, 9.17) is 16.0 Å². The second-order valence-corrected chi connectivity index (χ2v) is 6.57. The predicted octanol–water partition coefficient (Wildman–Crippen LogP) is 2.81. The van der Waals surface area contributed by atoms with Gasteiger partial charge in [0.25, 0.3) is 5.56 Å². The fourth-order valence-corrected chi connectivity index (χ4v) is 3.00. The molecular weight excluding hydrogens is 415 g/mol. The van der Waals surface area contributed by atoms with Crippen LogP contribution in [0.5, 0.6) is 0 Å². The van der Waals surface area contributed by atoms with Crippen molar-refractivity contribution in [3.8, 4) is 11.3 Å². The van der Waals surface area contributed by atoms with E-state index >= 15 is 0 Å². The summed E-state index contributed by atoms with van der Waals surface area (Å²) in [5.74, 6) is -0.412. The van der Waals surface area contributed by atoms with Crippen LogP contribution in [0.1, 0.15) is 11.6 Å². The number of benzene rings is 1. The first kappa shape index (κ1) is 19.7. The zero-order chi connectivity index (χ0) is 21.1. The van der Waals surface area contributed by atoms with Crippen molar-refractivity contribution in [3.05, 3.63) is 81.9 Å². The van der Waals surface area contributed by atoms with E-state index in [1.54, 1.807) is 18.2 Å². The highest BCUT2D eigenvalue weighted by molar-refractivity contribution is 6.30. The molecule has 4 rings (SSSR count). The molecule has 0 aliphatic heterocycles. The zero-order valence-electron chi connectivity index (χ0n) is 15.2. The number of pyridine rings is 1. The molecular formula is C19H14ClFN6O3. The first-order valence-electron chi connectivity index (χ1n) is 8.70. The molecule has 0 aliphatic rings. The highest BCUT2D eigenvalue weighted by atomic mass is 35.5. The van der Waals surface area contributed by atoms with Crippen molar-refractivity contribution in [3.63, 3.8) is 0 Å². The van der Waals surface area contributed by atoms with Gasteiger partial charge in [0, 0.05) is 24.0 Å². The molecule has 0 amide bonds. The molecule has 0 spiro atoms. The molecule has 152 valence electrons. The molecule has 0 saturated heterocycles. The fraction of sp³-hybridized carbons (Fsp3) is 0.105. The quantitative estimate of drug-likeness (QED) is 0.481. The molecule has 0 unspecified atom stereocenters. The minimum absolute atomic E-state index is 0.0353. The van der Waals surface area contributed by atoms with Crippen LogP contribution in [0.4, 0.5) is 16.4 Å². The maximum absolute atomic E-state index is 13.8. The largest absolute Gasteiger partial charge is 0.411 e. The summed E-state index contributed by atoms with van der Waals surface area (Å²) >= 11 is 5.72. The Hall–Kier alpha value is -3.63. The number of hydrogen-bond acceptors (Lipinski definition) is 8. The van der Waals surface area contributed by atoms with Gasteiger partial charge in [-0.05, 0) is 29.8 Å². The Balaban J connectivity index is 1.64. The lowest BCUT2D eigenvalue weighted by atomic mass is 10.1. The topological polar surface area (TPSA) is 119 Å². The number of hydrogen-bond donors (Lipinski definition) is 2. The molecule has 0 saturated carbocycles. The van der Waals surface area contributed by atoms with Gasteiger partial charge in [-0.2, -0.15) is 0 Å². The van der Waals surface area contributed by atoms with Crippen LogP contribution in [-0.4, -0.2) is 36.4 Å². The lowest BCUT2D eigenvalue weighted by Gasteiger charge is -2.18. The maximum Gasteiger partial charge on any atom is 0.322 e. The normalized spacial score (nSPS) is 12.0. The van der Waals surface area contributed by atoms with Crippen molar-refractivity contribution in [2.75, 3.05) is 11.9 Å².